The molecular weight excluding hydrogens is 362 g/mol. The first-order chi connectivity index (χ1) is 14.0. The maximum atomic E-state index is 12.5. The number of amides is 1. The number of hydrogen-bond donors (Lipinski definition) is 1. The van der Waals surface area contributed by atoms with Crippen LogP contribution < -0.4 is 15.1 Å². The number of piperazine rings is 1. The van der Waals surface area contributed by atoms with Crippen LogP contribution in [0.2, 0.25) is 0 Å². The summed E-state index contributed by atoms with van der Waals surface area (Å²) >= 11 is 0. The van der Waals surface area contributed by atoms with Crippen molar-refractivity contribution in [3.05, 3.63) is 53.2 Å². The van der Waals surface area contributed by atoms with Crippen molar-refractivity contribution < 1.29 is 4.79 Å². The monoisotopic (exact) mass is 395 g/mol. The van der Waals surface area contributed by atoms with Crippen molar-refractivity contribution in [1.82, 2.24) is 15.2 Å². The highest BCUT2D eigenvalue weighted by Crippen LogP contribution is 2.25. The molecule has 1 aromatic heterocycles. The van der Waals surface area contributed by atoms with E-state index in [2.05, 4.69) is 57.0 Å². The molecule has 0 saturated carbocycles. The molecule has 0 spiro atoms. The molecule has 0 radical (unpaired) electrons. The highest BCUT2D eigenvalue weighted by molar-refractivity contribution is 5.94. The molecule has 6 nitrogen and oxygen atoms in total. The molecule has 1 aromatic carbocycles. The van der Waals surface area contributed by atoms with Crippen LogP contribution in [0.1, 0.15) is 27.9 Å². The first-order valence-electron chi connectivity index (χ1n) is 10.4. The van der Waals surface area contributed by atoms with Crippen molar-refractivity contribution in [2.45, 2.75) is 20.3 Å². The fourth-order valence-electron chi connectivity index (χ4n) is 3.69. The van der Waals surface area contributed by atoms with Gasteiger partial charge in [-0.1, -0.05) is 12.1 Å². The molecule has 1 amide bonds. The molecule has 1 aliphatic rings. The zero-order valence-electron chi connectivity index (χ0n) is 18.1. The lowest BCUT2D eigenvalue weighted by Gasteiger charge is -2.37. The number of aryl methyl sites for hydroxylation is 1. The molecule has 0 bridgehead atoms. The van der Waals surface area contributed by atoms with E-state index in [-0.39, 0.29) is 5.91 Å². The van der Waals surface area contributed by atoms with E-state index in [1.165, 1.54) is 16.8 Å². The van der Waals surface area contributed by atoms with Gasteiger partial charge in [-0.3, -0.25) is 4.79 Å². The van der Waals surface area contributed by atoms with E-state index in [0.717, 1.165) is 45.0 Å². The van der Waals surface area contributed by atoms with Crippen LogP contribution in [-0.2, 0) is 0 Å². The van der Waals surface area contributed by atoms with E-state index in [4.69, 9.17) is 0 Å². The molecule has 156 valence electrons. The molecule has 6 heteroatoms. The molecular formula is C23H33N5O. The van der Waals surface area contributed by atoms with E-state index in [9.17, 15) is 4.79 Å². The maximum Gasteiger partial charge on any atom is 0.251 e. The Hall–Kier alpha value is -2.60. The Bertz CT molecular complexity index is 828. The van der Waals surface area contributed by atoms with E-state index in [0.29, 0.717) is 12.1 Å². The van der Waals surface area contributed by atoms with Crippen LogP contribution in [0, 0.1) is 13.8 Å². The molecule has 1 aliphatic heterocycles. The second kappa shape index (κ2) is 9.74. The first-order valence-corrected chi connectivity index (χ1v) is 10.4. The second-order valence-corrected chi connectivity index (χ2v) is 8.01. The summed E-state index contributed by atoms with van der Waals surface area (Å²) in [5, 5.41) is 3.00. The Morgan fingerprint density at radius 1 is 1.10 bits per heavy atom. The zero-order chi connectivity index (χ0) is 20.8. The van der Waals surface area contributed by atoms with Crippen molar-refractivity contribution in [3.8, 4) is 0 Å². The third kappa shape index (κ3) is 5.48. The Morgan fingerprint density at radius 2 is 1.83 bits per heavy atom. The van der Waals surface area contributed by atoms with Gasteiger partial charge in [0.05, 0.1) is 0 Å². The summed E-state index contributed by atoms with van der Waals surface area (Å²) in [6.45, 7) is 9.70. The maximum absolute atomic E-state index is 12.5. The summed E-state index contributed by atoms with van der Waals surface area (Å²) in [5.74, 6) is 0.855. The predicted octanol–water partition coefficient (Wildman–Crippen LogP) is 2.71. The molecule has 1 fully saturated rings. The number of nitrogens with one attached hydrogen (secondary N) is 1. The number of nitrogens with zero attached hydrogens (tertiary/aromatic N) is 4. The van der Waals surface area contributed by atoms with Gasteiger partial charge in [-0.05, 0) is 70.2 Å². The molecule has 1 saturated heterocycles. The highest BCUT2D eigenvalue weighted by Gasteiger charge is 2.20. The molecule has 2 heterocycles. The minimum atomic E-state index is -0.0265. The molecule has 2 aromatic rings. The number of benzene rings is 1. The van der Waals surface area contributed by atoms with Gasteiger partial charge >= 0.3 is 0 Å². The third-order valence-electron chi connectivity index (χ3n) is 5.60. The van der Waals surface area contributed by atoms with Crippen molar-refractivity contribution >= 4 is 17.4 Å². The Balaban J connectivity index is 1.58. The molecule has 1 N–H and O–H groups in total. The van der Waals surface area contributed by atoms with E-state index in [1.54, 1.807) is 12.3 Å². The van der Waals surface area contributed by atoms with Crippen molar-refractivity contribution in [1.29, 1.82) is 0 Å². The van der Waals surface area contributed by atoms with Gasteiger partial charge in [-0.2, -0.15) is 0 Å². The molecule has 0 atom stereocenters. The number of anilines is 2. The molecule has 0 aliphatic carbocycles. The van der Waals surface area contributed by atoms with Gasteiger partial charge in [0.15, 0.2) is 0 Å². The van der Waals surface area contributed by atoms with Gasteiger partial charge in [-0.25, -0.2) is 4.98 Å². The van der Waals surface area contributed by atoms with Crippen LogP contribution in [0.25, 0.3) is 0 Å². The van der Waals surface area contributed by atoms with Crippen LogP contribution in [0.5, 0.6) is 0 Å². The van der Waals surface area contributed by atoms with E-state index in [1.807, 2.05) is 20.2 Å². The quantitative estimate of drug-likeness (QED) is 0.731. The minimum absolute atomic E-state index is 0.0265. The fraction of sp³-hybridized carbons (Fsp3) is 0.478. The van der Waals surface area contributed by atoms with Gasteiger partial charge < -0.3 is 20.0 Å². The molecule has 0 unspecified atom stereocenters. The van der Waals surface area contributed by atoms with Crippen LogP contribution >= 0.6 is 0 Å². The zero-order valence-corrected chi connectivity index (χ0v) is 18.1. The fourth-order valence-corrected chi connectivity index (χ4v) is 3.69. The largest absolute Gasteiger partial charge is 0.368 e. The average molecular weight is 396 g/mol. The summed E-state index contributed by atoms with van der Waals surface area (Å²) in [6.07, 6.45) is 2.68. The van der Waals surface area contributed by atoms with Crippen LogP contribution in [0.15, 0.2) is 36.5 Å². The summed E-state index contributed by atoms with van der Waals surface area (Å²) in [6, 6.07) is 10.2. The lowest BCUT2D eigenvalue weighted by molar-refractivity contribution is 0.0952. The smallest absolute Gasteiger partial charge is 0.251 e. The number of carbonyl (C=O) groups is 1. The summed E-state index contributed by atoms with van der Waals surface area (Å²) in [7, 11) is 4.08. The number of aromatic nitrogens is 1. The van der Waals surface area contributed by atoms with Crippen molar-refractivity contribution in [3.63, 3.8) is 0 Å². The van der Waals surface area contributed by atoms with Gasteiger partial charge in [0.25, 0.3) is 5.91 Å². The average Bonchev–Trinajstić information content (AvgIpc) is 2.73. The van der Waals surface area contributed by atoms with Gasteiger partial charge in [0.1, 0.15) is 5.82 Å². The standard InChI is InChI=1S/C23H33N5O/c1-18-7-5-8-21(19(18)2)27-13-15-28(16-14-27)22-17-20(9-11-24-22)23(29)25-10-6-12-26(3)4/h5,7-9,11,17H,6,10,12-16H2,1-4H3,(H,25,29). The lowest BCUT2D eigenvalue weighted by Crippen LogP contribution is -2.47. The van der Waals surface area contributed by atoms with E-state index < -0.39 is 0 Å². The minimum Gasteiger partial charge on any atom is -0.368 e. The van der Waals surface area contributed by atoms with Gasteiger partial charge in [-0.15, -0.1) is 0 Å². The number of hydrogen-bond acceptors (Lipinski definition) is 5. The van der Waals surface area contributed by atoms with Crippen LogP contribution in [0.4, 0.5) is 11.5 Å². The summed E-state index contributed by atoms with van der Waals surface area (Å²) in [5.41, 5.74) is 4.68. The lowest BCUT2D eigenvalue weighted by atomic mass is 10.1. The highest BCUT2D eigenvalue weighted by atomic mass is 16.1. The topological polar surface area (TPSA) is 51.7 Å². The third-order valence-corrected chi connectivity index (χ3v) is 5.60. The Labute approximate surface area is 174 Å². The summed E-state index contributed by atoms with van der Waals surface area (Å²) < 4.78 is 0. The normalized spacial score (nSPS) is 14.4. The number of pyridine rings is 1. The second-order valence-electron chi connectivity index (χ2n) is 8.01. The number of rotatable bonds is 7. The first kappa shape index (κ1) is 21.1. The Morgan fingerprint density at radius 3 is 2.55 bits per heavy atom. The van der Waals surface area contributed by atoms with Crippen LogP contribution in [-0.4, -0.2) is 69.2 Å². The number of carbonyl (C=O) groups excluding carboxylic acids is 1. The van der Waals surface area contributed by atoms with Gasteiger partial charge in [0.2, 0.25) is 0 Å². The molecule has 3 rings (SSSR count). The van der Waals surface area contributed by atoms with Crippen molar-refractivity contribution in [2.24, 2.45) is 0 Å². The van der Waals surface area contributed by atoms with Gasteiger partial charge in [0, 0.05) is 50.2 Å². The summed E-state index contributed by atoms with van der Waals surface area (Å²) in [4.78, 5) is 23.8. The molecule has 29 heavy (non-hydrogen) atoms. The SMILES string of the molecule is Cc1cccc(N2CCN(c3cc(C(=O)NCCCN(C)C)ccn3)CC2)c1C. The Kier molecular flexibility index (Phi) is 7.09. The predicted molar refractivity (Wildman–Crippen MR) is 120 cm³/mol. The van der Waals surface area contributed by atoms with Crippen molar-refractivity contribution in [2.75, 3.05) is 63.2 Å². The van der Waals surface area contributed by atoms with Crippen LogP contribution in [0.3, 0.4) is 0 Å². The van der Waals surface area contributed by atoms with E-state index >= 15 is 0 Å².